The lowest BCUT2D eigenvalue weighted by atomic mass is 10.3. The molecule has 0 fully saturated rings. The van der Waals surface area contributed by atoms with Gasteiger partial charge in [-0.2, -0.15) is 0 Å². The molecule has 3 heteroatoms. The number of hydrogen-bond donors (Lipinski definition) is 1. The Morgan fingerprint density at radius 3 is 2.83 bits per heavy atom. The molecule has 0 aliphatic heterocycles. The number of nitrogens with zero attached hydrogens (tertiary/aromatic N) is 2. The van der Waals surface area contributed by atoms with E-state index in [1.165, 1.54) is 0 Å². The van der Waals surface area contributed by atoms with Crippen LogP contribution in [0, 0.1) is 6.92 Å². The number of aromatic nitrogens is 1. The van der Waals surface area contributed by atoms with Gasteiger partial charge in [0.1, 0.15) is 5.82 Å². The van der Waals surface area contributed by atoms with Crippen molar-refractivity contribution in [1.29, 1.82) is 0 Å². The van der Waals surface area contributed by atoms with Gasteiger partial charge in [-0.1, -0.05) is 6.07 Å². The van der Waals surface area contributed by atoms with Gasteiger partial charge in [0.15, 0.2) is 0 Å². The average molecular weight is 165 g/mol. The van der Waals surface area contributed by atoms with Crippen LogP contribution < -0.4 is 10.6 Å². The Bertz CT molecular complexity index is 247. The Kier molecular flexibility index (Phi) is 3.05. The van der Waals surface area contributed by atoms with E-state index in [0.29, 0.717) is 6.54 Å². The molecule has 3 nitrogen and oxygen atoms in total. The molecule has 0 saturated heterocycles. The number of hydrogen-bond acceptors (Lipinski definition) is 3. The van der Waals surface area contributed by atoms with E-state index in [9.17, 15) is 0 Å². The summed E-state index contributed by atoms with van der Waals surface area (Å²) in [6.45, 7) is 3.49. The molecule has 0 saturated carbocycles. The molecule has 1 heterocycles. The summed E-state index contributed by atoms with van der Waals surface area (Å²) in [5, 5.41) is 0. The smallest absolute Gasteiger partial charge is 0.128 e. The lowest BCUT2D eigenvalue weighted by Gasteiger charge is -2.16. The van der Waals surface area contributed by atoms with E-state index in [-0.39, 0.29) is 0 Å². The standard InChI is InChI=1S/C9H15N3/c1-8-4-3-5-9(11-8)12(2)7-6-10/h3-5H,6-7,10H2,1-2H3. The van der Waals surface area contributed by atoms with Crippen molar-refractivity contribution in [1.82, 2.24) is 4.98 Å². The van der Waals surface area contributed by atoms with Crippen molar-refractivity contribution in [2.24, 2.45) is 5.73 Å². The predicted molar refractivity (Wildman–Crippen MR) is 51.3 cm³/mol. The Labute approximate surface area is 73.2 Å². The van der Waals surface area contributed by atoms with Crippen molar-refractivity contribution in [2.75, 3.05) is 25.0 Å². The van der Waals surface area contributed by atoms with Crippen molar-refractivity contribution < 1.29 is 0 Å². The Morgan fingerprint density at radius 1 is 1.50 bits per heavy atom. The Balaban J connectivity index is 2.73. The minimum absolute atomic E-state index is 0.659. The maximum atomic E-state index is 5.44. The summed E-state index contributed by atoms with van der Waals surface area (Å²) in [6.07, 6.45) is 0. The summed E-state index contributed by atoms with van der Waals surface area (Å²) in [5.41, 5.74) is 6.47. The number of rotatable bonds is 3. The lowest BCUT2D eigenvalue weighted by molar-refractivity contribution is 0.865. The topological polar surface area (TPSA) is 42.1 Å². The molecule has 0 bridgehead atoms. The van der Waals surface area contributed by atoms with Gasteiger partial charge >= 0.3 is 0 Å². The molecule has 0 spiro atoms. The zero-order valence-electron chi connectivity index (χ0n) is 7.62. The van der Waals surface area contributed by atoms with E-state index in [0.717, 1.165) is 18.1 Å². The molecule has 0 aromatic carbocycles. The fraction of sp³-hybridized carbons (Fsp3) is 0.444. The molecule has 2 N–H and O–H groups in total. The summed E-state index contributed by atoms with van der Waals surface area (Å²) in [5.74, 6) is 0.987. The van der Waals surface area contributed by atoms with Gasteiger partial charge in [-0.25, -0.2) is 4.98 Å². The van der Waals surface area contributed by atoms with Crippen LogP contribution in [0.15, 0.2) is 18.2 Å². The van der Waals surface area contributed by atoms with Crippen LogP contribution in [0.1, 0.15) is 5.69 Å². The van der Waals surface area contributed by atoms with Crippen molar-refractivity contribution in [3.05, 3.63) is 23.9 Å². The molecule has 0 unspecified atom stereocenters. The third kappa shape index (κ3) is 2.20. The van der Waals surface area contributed by atoms with E-state index in [1.807, 2.05) is 37.1 Å². The molecule has 0 amide bonds. The van der Waals surface area contributed by atoms with Gasteiger partial charge in [0, 0.05) is 25.8 Å². The summed E-state index contributed by atoms with van der Waals surface area (Å²) in [7, 11) is 1.99. The van der Waals surface area contributed by atoms with Gasteiger partial charge < -0.3 is 10.6 Å². The van der Waals surface area contributed by atoms with Gasteiger partial charge in [-0.05, 0) is 19.1 Å². The molecule has 12 heavy (non-hydrogen) atoms. The first-order valence-corrected chi connectivity index (χ1v) is 4.09. The average Bonchev–Trinajstić information content (AvgIpc) is 2.05. The zero-order chi connectivity index (χ0) is 8.97. The van der Waals surface area contributed by atoms with Crippen molar-refractivity contribution in [3.8, 4) is 0 Å². The lowest BCUT2D eigenvalue weighted by Crippen LogP contribution is -2.25. The minimum atomic E-state index is 0.659. The number of aryl methyl sites for hydroxylation is 1. The molecule has 0 atom stereocenters. The second-order valence-corrected chi connectivity index (χ2v) is 2.85. The van der Waals surface area contributed by atoms with Crippen molar-refractivity contribution in [2.45, 2.75) is 6.92 Å². The van der Waals surface area contributed by atoms with Gasteiger partial charge in [-0.3, -0.25) is 0 Å². The number of pyridine rings is 1. The van der Waals surface area contributed by atoms with Gasteiger partial charge in [0.05, 0.1) is 0 Å². The first-order valence-electron chi connectivity index (χ1n) is 4.09. The van der Waals surface area contributed by atoms with E-state index in [2.05, 4.69) is 4.98 Å². The molecule has 0 aliphatic rings. The highest BCUT2D eigenvalue weighted by Gasteiger charge is 1.99. The highest BCUT2D eigenvalue weighted by atomic mass is 15.2. The van der Waals surface area contributed by atoms with Crippen molar-refractivity contribution >= 4 is 5.82 Å². The Morgan fingerprint density at radius 2 is 2.25 bits per heavy atom. The Hall–Kier alpha value is -1.09. The maximum absolute atomic E-state index is 5.44. The molecule has 66 valence electrons. The number of likely N-dealkylation sites (N-methyl/N-ethyl adjacent to an activating group) is 1. The second-order valence-electron chi connectivity index (χ2n) is 2.85. The highest BCUT2D eigenvalue weighted by Crippen LogP contribution is 2.07. The van der Waals surface area contributed by atoms with Crippen LogP contribution in [0.3, 0.4) is 0 Å². The number of nitrogens with two attached hydrogens (primary N) is 1. The highest BCUT2D eigenvalue weighted by molar-refractivity contribution is 5.37. The monoisotopic (exact) mass is 165 g/mol. The third-order valence-electron chi connectivity index (χ3n) is 1.73. The summed E-state index contributed by atoms with van der Waals surface area (Å²) >= 11 is 0. The summed E-state index contributed by atoms with van der Waals surface area (Å²) in [4.78, 5) is 6.41. The summed E-state index contributed by atoms with van der Waals surface area (Å²) < 4.78 is 0. The zero-order valence-corrected chi connectivity index (χ0v) is 7.62. The van der Waals surface area contributed by atoms with Gasteiger partial charge in [0.25, 0.3) is 0 Å². The van der Waals surface area contributed by atoms with E-state index in [1.54, 1.807) is 0 Å². The van der Waals surface area contributed by atoms with Crippen LogP contribution >= 0.6 is 0 Å². The summed E-state index contributed by atoms with van der Waals surface area (Å²) in [6, 6.07) is 5.98. The largest absolute Gasteiger partial charge is 0.358 e. The van der Waals surface area contributed by atoms with Crippen LogP contribution in [-0.4, -0.2) is 25.1 Å². The van der Waals surface area contributed by atoms with Gasteiger partial charge in [0.2, 0.25) is 0 Å². The molecule has 0 radical (unpaired) electrons. The quantitative estimate of drug-likeness (QED) is 0.720. The van der Waals surface area contributed by atoms with Gasteiger partial charge in [-0.15, -0.1) is 0 Å². The van der Waals surface area contributed by atoms with Crippen LogP contribution in [0.25, 0.3) is 0 Å². The van der Waals surface area contributed by atoms with E-state index in [4.69, 9.17) is 5.73 Å². The minimum Gasteiger partial charge on any atom is -0.358 e. The fourth-order valence-electron chi connectivity index (χ4n) is 1.05. The fourth-order valence-corrected chi connectivity index (χ4v) is 1.05. The molecule has 1 rings (SSSR count). The second kappa shape index (κ2) is 4.07. The van der Waals surface area contributed by atoms with E-state index >= 15 is 0 Å². The predicted octanol–water partition coefficient (Wildman–Crippen LogP) is 0.785. The SMILES string of the molecule is Cc1cccc(N(C)CCN)n1. The normalized spacial score (nSPS) is 9.92. The molecule has 1 aromatic rings. The number of anilines is 1. The first kappa shape index (κ1) is 9.00. The first-order chi connectivity index (χ1) is 5.74. The van der Waals surface area contributed by atoms with Crippen LogP contribution in [-0.2, 0) is 0 Å². The molecule has 1 aromatic heterocycles. The molecule has 0 aliphatic carbocycles. The molecular formula is C9H15N3. The maximum Gasteiger partial charge on any atom is 0.128 e. The van der Waals surface area contributed by atoms with Crippen LogP contribution in [0.5, 0.6) is 0 Å². The van der Waals surface area contributed by atoms with Crippen molar-refractivity contribution in [3.63, 3.8) is 0 Å². The van der Waals surface area contributed by atoms with E-state index < -0.39 is 0 Å². The molecular weight excluding hydrogens is 150 g/mol. The van der Waals surface area contributed by atoms with Crippen LogP contribution in [0.2, 0.25) is 0 Å². The third-order valence-corrected chi connectivity index (χ3v) is 1.73. The van der Waals surface area contributed by atoms with Crippen LogP contribution in [0.4, 0.5) is 5.82 Å².